The van der Waals surface area contributed by atoms with Gasteiger partial charge in [0.2, 0.25) is 0 Å². The molecule has 0 saturated heterocycles. The van der Waals surface area contributed by atoms with Gasteiger partial charge in [0.05, 0.1) is 16.3 Å². The number of aryl methyl sites for hydroxylation is 2. The van der Waals surface area contributed by atoms with Gasteiger partial charge in [0.25, 0.3) is 15.9 Å². The van der Waals surface area contributed by atoms with Crippen molar-refractivity contribution in [3.63, 3.8) is 0 Å². The summed E-state index contributed by atoms with van der Waals surface area (Å²) in [7, 11) is -2.26. The number of carbonyl (C=O) groups excluding carboxylic acids is 1. The van der Waals surface area contributed by atoms with Crippen molar-refractivity contribution in [1.82, 2.24) is 10.2 Å². The Morgan fingerprint density at radius 3 is 2.35 bits per heavy atom. The summed E-state index contributed by atoms with van der Waals surface area (Å²) in [4.78, 5) is 12.8. The Morgan fingerprint density at radius 2 is 1.68 bits per heavy atom. The molecule has 0 radical (unpaired) electrons. The van der Waals surface area contributed by atoms with Crippen LogP contribution in [0.15, 0.2) is 77.7 Å². The highest BCUT2D eigenvalue weighted by atomic mass is 32.2. The van der Waals surface area contributed by atoms with Crippen molar-refractivity contribution in [2.75, 3.05) is 16.7 Å². The number of nitrogens with one attached hydrogen (secondary N) is 2. The molecule has 3 aromatic carbocycles. The van der Waals surface area contributed by atoms with Gasteiger partial charge in [-0.2, -0.15) is 5.10 Å². The number of hydrogen-bond donors (Lipinski definition) is 3. The van der Waals surface area contributed by atoms with E-state index < -0.39 is 15.9 Å². The van der Waals surface area contributed by atoms with Crippen LogP contribution in [0.25, 0.3) is 11.3 Å². The molecule has 0 aliphatic rings. The third-order valence-electron chi connectivity index (χ3n) is 5.43. The summed E-state index contributed by atoms with van der Waals surface area (Å²) in [5, 5.41) is 19.9. The molecule has 1 amide bonds. The van der Waals surface area contributed by atoms with Crippen LogP contribution < -0.4 is 9.62 Å². The highest BCUT2D eigenvalue weighted by molar-refractivity contribution is 7.92. The third-order valence-corrected chi connectivity index (χ3v) is 7.23. The van der Waals surface area contributed by atoms with Crippen LogP contribution >= 0.6 is 0 Å². The van der Waals surface area contributed by atoms with E-state index in [2.05, 4.69) is 15.5 Å². The summed E-state index contributed by atoms with van der Waals surface area (Å²) in [6.45, 7) is 3.71. The van der Waals surface area contributed by atoms with Crippen LogP contribution in [0.2, 0.25) is 0 Å². The molecule has 0 unspecified atom stereocenters. The fraction of sp³-hybridized carbons (Fsp3) is 0.120. The zero-order valence-electron chi connectivity index (χ0n) is 18.9. The summed E-state index contributed by atoms with van der Waals surface area (Å²) in [6, 6.07) is 19.9. The van der Waals surface area contributed by atoms with Gasteiger partial charge in [-0.15, -0.1) is 0 Å². The molecule has 0 bridgehead atoms. The Balaban J connectivity index is 1.50. The summed E-state index contributed by atoms with van der Waals surface area (Å²) >= 11 is 0. The number of phenols is 1. The Bertz CT molecular complexity index is 1450. The van der Waals surface area contributed by atoms with Crippen LogP contribution in [0.4, 0.5) is 11.4 Å². The molecule has 4 rings (SSSR count). The van der Waals surface area contributed by atoms with E-state index in [1.54, 1.807) is 43.3 Å². The van der Waals surface area contributed by atoms with Gasteiger partial charge in [-0.1, -0.05) is 24.3 Å². The molecule has 0 spiro atoms. The minimum Gasteiger partial charge on any atom is -0.507 e. The van der Waals surface area contributed by atoms with Crippen molar-refractivity contribution in [1.29, 1.82) is 0 Å². The molecule has 0 atom stereocenters. The van der Waals surface area contributed by atoms with Crippen LogP contribution in [0.5, 0.6) is 5.75 Å². The number of aromatic amines is 1. The molecule has 1 aromatic heterocycles. The van der Waals surface area contributed by atoms with E-state index in [0.717, 1.165) is 11.1 Å². The fourth-order valence-corrected chi connectivity index (χ4v) is 4.77. The van der Waals surface area contributed by atoms with E-state index in [0.29, 0.717) is 22.6 Å². The molecular weight excluding hydrogens is 452 g/mol. The first kappa shape index (κ1) is 23.1. The lowest BCUT2D eigenvalue weighted by Gasteiger charge is -2.19. The molecule has 174 valence electrons. The molecular formula is C25H24N4O4S. The van der Waals surface area contributed by atoms with Crippen molar-refractivity contribution in [2.24, 2.45) is 0 Å². The SMILES string of the molecule is Cc1cc(C)c(O)c(-c2cc(C(=O)Nc3ccc(S(=O)(=O)N(C)c4ccccc4)cc3)[nH]n2)c1. The maximum atomic E-state index is 12.9. The first-order valence-corrected chi connectivity index (χ1v) is 11.9. The fourth-order valence-electron chi connectivity index (χ4n) is 3.57. The van der Waals surface area contributed by atoms with Crippen molar-refractivity contribution < 1.29 is 18.3 Å². The highest BCUT2D eigenvalue weighted by Crippen LogP contribution is 2.32. The normalized spacial score (nSPS) is 11.3. The molecule has 34 heavy (non-hydrogen) atoms. The number of sulfonamides is 1. The monoisotopic (exact) mass is 476 g/mol. The van der Waals surface area contributed by atoms with Crippen LogP contribution in [0, 0.1) is 13.8 Å². The van der Waals surface area contributed by atoms with Crippen LogP contribution in [0.1, 0.15) is 21.6 Å². The summed E-state index contributed by atoms with van der Waals surface area (Å²) in [6.07, 6.45) is 0. The topological polar surface area (TPSA) is 115 Å². The van der Waals surface area contributed by atoms with Crippen molar-refractivity contribution in [3.8, 4) is 17.0 Å². The molecule has 0 fully saturated rings. The van der Waals surface area contributed by atoms with Crippen molar-refractivity contribution in [3.05, 3.63) is 89.6 Å². The summed E-state index contributed by atoms with van der Waals surface area (Å²) in [5.74, 6) is -0.332. The maximum Gasteiger partial charge on any atom is 0.273 e. The number of para-hydroxylation sites is 1. The molecule has 0 aliphatic heterocycles. The van der Waals surface area contributed by atoms with E-state index in [1.807, 2.05) is 19.1 Å². The van der Waals surface area contributed by atoms with Crippen molar-refractivity contribution in [2.45, 2.75) is 18.7 Å². The van der Waals surface area contributed by atoms with Gasteiger partial charge in [0.1, 0.15) is 11.4 Å². The number of amides is 1. The van der Waals surface area contributed by atoms with Gasteiger partial charge < -0.3 is 10.4 Å². The Kier molecular flexibility index (Phi) is 6.12. The van der Waals surface area contributed by atoms with E-state index in [1.165, 1.54) is 35.6 Å². The number of H-pyrrole nitrogens is 1. The predicted octanol–water partition coefficient (Wildman–Crippen LogP) is 4.48. The second kappa shape index (κ2) is 9.03. The summed E-state index contributed by atoms with van der Waals surface area (Å²) < 4.78 is 27.0. The molecule has 1 heterocycles. The smallest absolute Gasteiger partial charge is 0.273 e. The van der Waals surface area contributed by atoms with Crippen LogP contribution in [0.3, 0.4) is 0 Å². The molecule has 3 N–H and O–H groups in total. The molecule has 9 heteroatoms. The zero-order valence-corrected chi connectivity index (χ0v) is 19.7. The zero-order chi connectivity index (χ0) is 24.5. The Labute approximate surface area is 197 Å². The standard InChI is InChI=1S/C25H24N4O4S/c1-16-13-17(2)24(30)21(14-16)22-15-23(28-27-22)25(31)26-18-9-11-20(12-10-18)34(32,33)29(3)19-7-5-4-6-8-19/h4-15,30H,1-3H3,(H,26,31)(H,27,28). The second-order valence-electron chi connectivity index (χ2n) is 7.93. The van der Waals surface area contributed by atoms with Crippen LogP contribution in [-0.4, -0.2) is 36.7 Å². The number of benzene rings is 3. The lowest BCUT2D eigenvalue weighted by atomic mass is 10.0. The lowest BCUT2D eigenvalue weighted by Crippen LogP contribution is -2.26. The minimum absolute atomic E-state index is 0.103. The van der Waals surface area contributed by atoms with Gasteiger partial charge in [0.15, 0.2) is 0 Å². The van der Waals surface area contributed by atoms with Crippen molar-refractivity contribution >= 4 is 27.3 Å². The summed E-state index contributed by atoms with van der Waals surface area (Å²) in [5.41, 5.74) is 3.84. The van der Waals surface area contributed by atoms with Crippen LogP contribution in [-0.2, 0) is 10.0 Å². The molecule has 4 aromatic rings. The van der Waals surface area contributed by atoms with E-state index in [4.69, 9.17) is 0 Å². The largest absolute Gasteiger partial charge is 0.507 e. The number of nitrogens with zero attached hydrogens (tertiary/aromatic N) is 2. The highest BCUT2D eigenvalue weighted by Gasteiger charge is 2.21. The average Bonchev–Trinajstić information content (AvgIpc) is 3.32. The molecule has 0 saturated carbocycles. The lowest BCUT2D eigenvalue weighted by molar-refractivity contribution is 0.102. The second-order valence-corrected chi connectivity index (χ2v) is 9.90. The van der Waals surface area contributed by atoms with Gasteiger partial charge >= 0.3 is 0 Å². The Morgan fingerprint density at radius 1 is 1.00 bits per heavy atom. The number of aromatic hydroxyl groups is 1. The first-order chi connectivity index (χ1) is 16.2. The number of carbonyl (C=O) groups is 1. The predicted molar refractivity (Wildman–Crippen MR) is 132 cm³/mol. The number of aromatic nitrogens is 2. The van der Waals surface area contributed by atoms with Gasteiger partial charge in [-0.3, -0.25) is 14.2 Å². The quantitative estimate of drug-likeness (QED) is 0.380. The minimum atomic E-state index is -3.75. The van der Waals surface area contributed by atoms with E-state index in [-0.39, 0.29) is 16.3 Å². The van der Waals surface area contributed by atoms with Gasteiger partial charge in [-0.05, 0) is 73.5 Å². The van der Waals surface area contributed by atoms with E-state index in [9.17, 15) is 18.3 Å². The van der Waals surface area contributed by atoms with E-state index >= 15 is 0 Å². The number of hydrogen-bond acceptors (Lipinski definition) is 5. The Hall–Kier alpha value is -4.11. The van der Waals surface area contributed by atoms with Gasteiger partial charge in [0, 0.05) is 18.3 Å². The number of phenolic OH excluding ortho intramolecular Hbond substituents is 1. The average molecular weight is 477 g/mol. The number of anilines is 2. The first-order valence-electron chi connectivity index (χ1n) is 10.5. The molecule has 8 nitrogen and oxygen atoms in total. The van der Waals surface area contributed by atoms with Gasteiger partial charge in [-0.25, -0.2) is 8.42 Å². The third kappa shape index (κ3) is 4.51. The number of rotatable bonds is 6. The maximum absolute atomic E-state index is 12.9. The molecule has 0 aliphatic carbocycles.